The van der Waals surface area contributed by atoms with Gasteiger partial charge in [-0.1, -0.05) is 6.07 Å². The number of carbonyl (C=O) groups is 1. The molecule has 3 aromatic rings. The Morgan fingerprint density at radius 1 is 0.900 bits per heavy atom. The summed E-state index contributed by atoms with van der Waals surface area (Å²) >= 11 is 0. The Bertz CT molecular complexity index is 1110. The van der Waals surface area contributed by atoms with Crippen LogP contribution in [0.5, 0.6) is 11.5 Å². The summed E-state index contributed by atoms with van der Waals surface area (Å²) in [5.41, 5.74) is 1.19. The summed E-state index contributed by atoms with van der Waals surface area (Å²) in [6, 6.07) is 19.3. The van der Waals surface area contributed by atoms with E-state index < -0.39 is 15.9 Å². The molecule has 0 aliphatic rings. The SMILES string of the molecule is CCOc1ccc(NS(=O)(=O)c2cccc(C(=O)Nc3ccc(OC)cc3)c2)cc1. The maximum Gasteiger partial charge on any atom is 0.261 e. The fourth-order valence-corrected chi connectivity index (χ4v) is 3.79. The van der Waals surface area contributed by atoms with Crippen molar-refractivity contribution in [3.05, 3.63) is 78.4 Å². The molecule has 0 unspecified atom stereocenters. The minimum absolute atomic E-state index is 0.0150. The maximum atomic E-state index is 12.7. The van der Waals surface area contributed by atoms with Gasteiger partial charge >= 0.3 is 0 Å². The highest BCUT2D eigenvalue weighted by Gasteiger charge is 2.17. The predicted molar refractivity (Wildman–Crippen MR) is 116 cm³/mol. The van der Waals surface area contributed by atoms with Crippen LogP contribution in [0.4, 0.5) is 11.4 Å². The Morgan fingerprint density at radius 3 is 2.17 bits per heavy atom. The van der Waals surface area contributed by atoms with E-state index in [1.165, 1.54) is 18.2 Å². The van der Waals surface area contributed by atoms with Gasteiger partial charge in [0.1, 0.15) is 11.5 Å². The molecule has 0 radical (unpaired) electrons. The van der Waals surface area contributed by atoms with E-state index in [0.29, 0.717) is 29.5 Å². The van der Waals surface area contributed by atoms with Gasteiger partial charge in [0.05, 0.1) is 18.6 Å². The molecule has 0 spiro atoms. The lowest BCUT2D eigenvalue weighted by molar-refractivity contribution is 0.102. The molecule has 0 saturated carbocycles. The number of sulfonamides is 1. The van der Waals surface area contributed by atoms with Crippen molar-refractivity contribution in [3.8, 4) is 11.5 Å². The van der Waals surface area contributed by atoms with E-state index in [1.54, 1.807) is 61.7 Å². The van der Waals surface area contributed by atoms with Crippen LogP contribution in [0, 0.1) is 0 Å². The standard InChI is InChI=1S/C22H22N2O5S/c1-3-29-20-13-9-18(10-14-20)24-30(26,27)21-6-4-5-16(15-21)22(25)23-17-7-11-19(28-2)12-8-17/h4-15,24H,3H2,1-2H3,(H,23,25). The summed E-state index contributed by atoms with van der Waals surface area (Å²) in [6.45, 7) is 2.39. The molecular weight excluding hydrogens is 404 g/mol. The molecule has 3 rings (SSSR count). The zero-order valence-electron chi connectivity index (χ0n) is 16.6. The Hall–Kier alpha value is -3.52. The predicted octanol–water partition coefficient (Wildman–Crippen LogP) is 4.15. The van der Waals surface area contributed by atoms with Crippen molar-refractivity contribution in [2.75, 3.05) is 23.8 Å². The molecular formula is C22H22N2O5S. The van der Waals surface area contributed by atoms with Gasteiger partial charge in [0.15, 0.2) is 0 Å². The number of nitrogens with one attached hydrogen (secondary N) is 2. The molecule has 7 nitrogen and oxygen atoms in total. The zero-order valence-corrected chi connectivity index (χ0v) is 17.4. The average molecular weight is 426 g/mol. The number of ether oxygens (including phenoxy) is 2. The Kier molecular flexibility index (Phi) is 6.58. The fourth-order valence-electron chi connectivity index (χ4n) is 2.68. The van der Waals surface area contributed by atoms with Crippen LogP contribution in [0.25, 0.3) is 0 Å². The van der Waals surface area contributed by atoms with Crippen molar-refractivity contribution in [1.82, 2.24) is 0 Å². The molecule has 2 N–H and O–H groups in total. The highest BCUT2D eigenvalue weighted by atomic mass is 32.2. The second kappa shape index (κ2) is 9.32. The smallest absolute Gasteiger partial charge is 0.261 e. The first-order valence-electron chi connectivity index (χ1n) is 9.22. The molecule has 30 heavy (non-hydrogen) atoms. The van der Waals surface area contributed by atoms with Crippen molar-refractivity contribution >= 4 is 27.3 Å². The van der Waals surface area contributed by atoms with Gasteiger partial charge < -0.3 is 14.8 Å². The van der Waals surface area contributed by atoms with Crippen LogP contribution in [0.2, 0.25) is 0 Å². The first-order valence-corrected chi connectivity index (χ1v) is 10.7. The van der Waals surface area contributed by atoms with E-state index in [2.05, 4.69) is 10.0 Å². The Morgan fingerprint density at radius 2 is 1.53 bits per heavy atom. The van der Waals surface area contributed by atoms with Crippen molar-refractivity contribution < 1.29 is 22.7 Å². The first kappa shape index (κ1) is 21.2. The number of rotatable bonds is 8. The number of anilines is 2. The number of carbonyl (C=O) groups excluding carboxylic acids is 1. The van der Waals surface area contributed by atoms with Crippen molar-refractivity contribution in [2.45, 2.75) is 11.8 Å². The number of benzene rings is 3. The molecule has 0 saturated heterocycles. The second-order valence-electron chi connectivity index (χ2n) is 6.27. The fraction of sp³-hybridized carbons (Fsp3) is 0.136. The minimum atomic E-state index is -3.86. The number of methoxy groups -OCH3 is 1. The molecule has 0 bridgehead atoms. The van der Waals surface area contributed by atoms with Crippen molar-refractivity contribution in [3.63, 3.8) is 0 Å². The molecule has 8 heteroatoms. The van der Waals surface area contributed by atoms with Gasteiger partial charge in [-0.15, -0.1) is 0 Å². The number of hydrogen-bond acceptors (Lipinski definition) is 5. The maximum absolute atomic E-state index is 12.7. The van der Waals surface area contributed by atoms with Crippen LogP contribution in [-0.4, -0.2) is 28.0 Å². The zero-order chi connectivity index (χ0) is 21.6. The Balaban J connectivity index is 1.74. The molecule has 156 valence electrons. The van der Waals surface area contributed by atoms with Crippen LogP contribution < -0.4 is 19.5 Å². The lowest BCUT2D eigenvalue weighted by atomic mass is 10.2. The summed E-state index contributed by atoms with van der Waals surface area (Å²) < 4.78 is 38.4. The monoisotopic (exact) mass is 426 g/mol. The van der Waals surface area contributed by atoms with Gasteiger partial charge in [-0.25, -0.2) is 8.42 Å². The van der Waals surface area contributed by atoms with Crippen LogP contribution in [0.15, 0.2) is 77.7 Å². The molecule has 0 fully saturated rings. The highest BCUT2D eigenvalue weighted by molar-refractivity contribution is 7.92. The van der Waals surface area contributed by atoms with Crippen LogP contribution in [-0.2, 0) is 10.0 Å². The lowest BCUT2D eigenvalue weighted by Gasteiger charge is -2.11. The number of hydrogen-bond donors (Lipinski definition) is 2. The van der Waals surface area contributed by atoms with E-state index in [-0.39, 0.29) is 10.5 Å². The third-order valence-electron chi connectivity index (χ3n) is 4.17. The third kappa shape index (κ3) is 5.30. The molecule has 0 atom stereocenters. The van der Waals surface area contributed by atoms with Gasteiger partial charge in [0.2, 0.25) is 0 Å². The van der Waals surface area contributed by atoms with E-state index >= 15 is 0 Å². The lowest BCUT2D eigenvalue weighted by Crippen LogP contribution is -2.16. The summed E-state index contributed by atoms with van der Waals surface area (Å²) in [5.74, 6) is 0.900. The molecule has 0 aliphatic heterocycles. The largest absolute Gasteiger partial charge is 0.497 e. The van der Waals surface area contributed by atoms with Gasteiger partial charge in [-0.3, -0.25) is 9.52 Å². The van der Waals surface area contributed by atoms with Crippen LogP contribution in [0.3, 0.4) is 0 Å². The molecule has 0 heterocycles. The topological polar surface area (TPSA) is 93.7 Å². The molecule has 1 amide bonds. The quantitative estimate of drug-likeness (QED) is 0.564. The van der Waals surface area contributed by atoms with Gasteiger partial charge in [-0.05, 0) is 73.7 Å². The van der Waals surface area contributed by atoms with Crippen LogP contribution in [0.1, 0.15) is 17.3 Å². The third-order valence-corrected chi connectivity index (χ3v) is 5.55. The van der Waals surface area contributed by atoms with Gasteiger partial charge in [0, 0.05) is 16.9 Å². The first-order chi connectivity index (χ1) is 14.4. The normalized spacial score (nSPS) is 10.9. The molecule has 3 aromatic carbocycles. The van der Waals surface area contributed by atoms with Crippen molar-refractivity contribution in [2.24, 2.45) is 0 Å². The van der Waals surface area contributed by atoms with Crippen LogP contribution >= 0.6 is 0 Å². The summed E-state index contributed by atoms with van der Waals surface area (Å²) in [6.07, 6.45) is 0. The summed E-state index contributed by atoms with van der Waals surface area (Å²) in [7, 11) is -2.31. The van der Waals surface area contributed by atoms with E-state index in [1.807, 2.05) is 6.92 Å². The second-order valence-corrected chi connectivity index (χ2v) is 7.96. The Labute approximate surface area is 175 Å². The molecule has 0 aliphatic carbocycles. The summed E-state index contributed by atoms with van der Waals surface area (Å²) in [4.78, 5) is 12.5. The summed E-state index contributed by atoms with van der Waals surface area (Å²) in [5, 5.41) is 2.73. The van der Waals surface area contributed by atoms with Crippen molar-refractivity contribution in [1.29, 1.82) is 0 Å². The van der Waals surface area contributed by atoms with E-state index in [9.17, 15) is 13.2 Å². The van der Waals surface area contributed by atoms with E-state index in [4.69, 9.17) is 9.47 Å². The average Bonchev–Trinajstić information content (AvgIpc) is 2.76. The van der Waals surface area contributed by atoms with E-state index in [0.717, 1.165) is 0 Å². The molecule has 0 aromatic heterocycles. The van der Waals surface area contributed by atoms with Gasteiger partial charge in [-0.2, -0.15) is 0 Å². The van der Waals surface area contributed by atoms with Gasteiger partial charge in [0.25, 0.3) is 15.9 Å². The highest BCUT2D eigenvalue weighted by Crippen LogP contribution is 2.21. The number of amides is 1. The minimum Gasteiger partial charge on any atom is -0.497 e.